The van der Waals surface area contributed by atoms with Crippen LogP contribution in [-0.2, 0) is 12.8 Å². The van der Waals surface area contributed by atoms with Crippen LogP contribution in [0.1, 0.15) is 31.8 Å². The Labute approximate surface area is 120 Å². The lowest BCUT2D eigenvalue weighted by Crippen LogP contribution is -2.08. The van der Waals surface area contributed by atoms with Gasteiger partial charge in [-0.2, -0.15) is 0 Å². The van der Waals surface area contributed by atoms with Crippen molar-refractivity contribution in [1.82, 2.24) is 0 Å². The van der Waals surface area contributed by atoms with Gasteiger partial charge in [0, 0.05) is 0 Å². The van der Waals surface area contributed by atoms with Gasteiger partial charge in [-0.25, -0.2) is 9.59 Å². The number of aromatic carboxylic acids is 2. The molecule has 0 atom stereocenters. The van der Waals surface area contributed by atoms with Crippen LogP contribution in [0.2, 0.25) is 0 Å². The van der Waals surface area contributed by atoms with E-state index in [1.165, 1.54) is 12.1 Å². The van der Waals surface area contributed by atoms with Crippen molar-refractivity contribution in [2.75, 3.05) is 5.32 Å². The molecular formula is C16H13NO4. The lowest BCUT2D eigenvalue weighted by atomic mass is 10.0. The highest BCUT2D eigenvalue weighted by Gasteiger charge is 2.22. The molecule has 0 aromatic heterocycles. The number of hydrogen-bond acceptors (Lipinski definition) is 3. The molecule has 3 rings (SSSR count). The summed E-state index contributed by atoms with van der Waals surface area (Å²) in [5.74, 6) is -2.06. The van der Waals surface area contributed by atoms with E-state index in [4.69, 9.17) is 0 Å². The van der Waals surface area contributed by atoms with E-state index in [-0.39, 0.29) is 11.1 Å². The number of anilines is 2. The maximum absolute atomic E-state index is 11.4. The van der Waals surface area contributed by atoms with Gasteiger partial charge in [-0.1, -0.05) is 24.3 Å². The molecule has 21 heavy (non-hydrogen) atoms. The third kappa shape index (κ3) is 2.23. The molecule has 0 unspecified atom stereocenters. The van der Waals surface area contributed by atoms with Crippen LogP contribution in [-0.4, -0.2) is 22.2 Å². The zero-order chi connectivity index (χ0) is 15.0. The van der Waals surface area contributed by atoms with Crippen molar-refractivity contribution in [3.63, 3.8) is 0 Å². The van der Waals surface area contributed by atoms with Crippen molar-refractivity contribution in [2.24, 2.45) is 0 Å². The summed E-state index contributed by atoms with van der Waals surface area (Å²) in [7, 11) is 0. The Morgan fingerprint density at radius 3 is 1.62 bits per heavy atom. The van der Waals surface area contributed by atoms with E-state index in [1.54, 1.807) is 12.1 Å². The van der Waals surface area contributed by atoms with E-state index in [0.717, 1.165) is 11.1 Å². The van der Waals surface area contributed by atoms with E-state index in [9.17, 15) is 19.8 Å². The minimum Gasteiger partial charge on any atom is -0.478 e. The average molecular weight is 283 g/mol. The summed E-state index contributed by atoms with van der Waals surface area (Å²) in [5.41, 5.74) is 3.03. The summed E-state index contributed by atoms with van der Waals surface area (Å²) in [4.78, 5) is 22.7. The zero-order valence-electron chi connectivity index (χ0n) is 11.1. The Morgan fingerprint density at radius 1 is 0.810 bits per heavy atom. The molecule has 0 aliphatic carbocycles. The lowest BCUT2D eigenvalue weighted by molar-refractivity contribution is 0.0688. The van der Waals surface area contributed by atoms with Crippen LogP contribution in [0.4, 0.5) is 11.4 Å². The first kappa shape index (κ1) is 13.2. The van der Waals surface area contributed by atoms with Gasteiger partial charge in [0.05, 0.1) is 22.5 Å². The SMILES string of the molecule is O=C(O)c1cccc2c1Nc1c(cccc1C(=O)O)CC2. The van der Waals surface area contributed by atoms with Gasteiger partial charge in [-0.15, -0.1) is 0 Å². The number of para-hydroxylation sites is 2. The first-order chi connectivity index (χ1) is 10.1. The molecule has 0 fully saturated rings. The van der Waals surface area contributed by atoms with E-state index >= 15 is 0 Å². The molecule has 0 radical (unpaired) electrons. The highest BCUT2D eigenvalue weighted by atomic mass is 16.4. The number of nitrogens with one attached hydrogen (secondary N) is 1. The van der Waals surface area contributed by atoms with E-state index in [0.29, 0.717) is 24.2 Å². The van der Waals surface area contributed by atoms with E-state index in [2.05, 4.69) is 5.32 Å². The van der Waals surface area contributed by atoms with Gasteiger partial charge in [0.2, 0.25) is 0 Å². The number of hydrogen-bond donors (Lipinski definition) is 3. The Bertz CT molecular complexity index is 688. The lowest BCUT2D eigenvalue weighted by Gasteiger charge is -2.14. The van der Waals surface area contributed by atoms with Crippen LogP contribution in [0.3, 0.4) is 0 Å². The van der Waals surface area contributed by atoms with Crippen molar-refractivity contribution >= 4 is 23.3 Å². The Balaban J connectivity index is 2.20. The predicted octanol–water partition coefficient (Wildman–Crippen LogP) is 2.93. The second-order valence-electron chi connectivity index (χ2n) is 4.91. The molecule has 106 valence electrons. The third-order valence-electron chi connectivity index (χ3n) is 3.68. The summed E-state index contributed by atoms with van der Waals surface area (Å²) >= 11 is 0. The Hall–Kier alpha value is -2.82. The van der Waals surface area contributed by atoms with Crippen LogP contribution < -0.4 is 5.32 Å². The molecule has 1 heterocycles. The number of carbonyl (C=O) groups is 2. The van der Waals surface area contributed by atoms with Crippen LogP contribution in [0, 0.1) is 0 Å². The molecule has 5 nitrogen and oxygen atoms in total. The molecular weight excluding hydrogens is 270 g/mol. The van der Waals surface area contributed by atoms with Crippen molar-refractivity contribution in [3.8, 4) is 0 Å². The maximum Gasteiger partial charge on any atom is 0.337 e. The van der Waals surface area contributed by atoms with Gasteiger partial charge in [0.15, 0.2) is 0 Å². The molecule has 0 spiro atoms. The second-order valence-corrected chi connectivity index (χ2v) is 4.91. The van der Waals surface area contributed by atoms with E-state index < -0.39 is 11.9 Å². The normalized spacial score (nSPS) is 12.6. The molecule has 3 N–H and O–H groups in total. The fraction of sp³-hybridized carbons (Fsp3) is 0.125. The molecule has 0 amide bonds. The van der Waals surface area contributed by atoms with Crippen LogP contribution in [0.15, 0.2) is 36.4 Å². The number of benzene rings is 2. The second kappa shape index (κ2) is 4.94. The Morgan fingerprint density at radius 2 is 1.24 bits per heavy atom. The fourth-order valence-electron chi connectivity index (χ4n) is 2.66. The quantitative estimate of drug-likeness (QED) is 0.788. The predicted molar refractivity (Wildman–Crippen MR) is 77.5 cm³/mol. The minimum absolute atomic E-state index is 0.153. The van der Waals surface area contributed by atoms with Crippen molar-refractivity contribution in [3.05, 3.63) is 58.7 Å². The van der Waals surface area contributed by atoms with Crippen molar-refractivity contribution < 1.29 is 19.8 Å². The summed E-state index contributed by atoms with van der Waals surface area (Å²) < 4.78 is 0. The minimum atomic E-state index is -1.03. The summed E-state index contributed by atoms with van der Waals surface area (Å²) in [5, 5.41) is 21.6. The third-order valence-corrected chi connectivity index (χ3v) is 3.68. The number of carboxylic acids is 2. The highest BCUT2D eigenvalue weighted by Crippen LogP contribution is 2.34. The first-order valence-corrected chi connectivity index (χ1v) is 6.55. The molecule has 1 aliphatic rings. The highest BCUT2D eigenvalue weighted by molar-refractivity contribution is 6.00. The van der Waals surface area contributed by atoms with Gasteiger partial charge in [-0.05, 0) is 36.1 Å². The molecule has 5 heteroatoms. The summed E-state index contributed by atoms with van der Waals surface area (Å²) in [6, 6.07) is 10.2. The van der Waals surface area contributed by atoms with Crippen LogP contribution in [0.25, 0.3) is 0 Å². The van der Waals surface area contributed by atoms with Crippen molar-refractivity contribution in [1.29, 1.82) is 0 Å². The van der Waals surface area contributed by atoms with Crippen molar-refractivity contribution in [2.45, 2.75) is 12.8 Å². The molecule has 0 saturated heterocycles. The summed E-state index contributed by atoms with van der Waals surface area (Å²) in [6.45, 7) is 0. The van der Waals surface area contributed by atoms with Gasteiger partial charge in [-0.3, -0.25) is 0 Å². The molecule has 1 aliphatic heterocycles. The smallest absolute Gasteiger partial charge is 0.337 e. The topological polar surface area (TPSA) is 86.6 Å². The van der Waals surface area contributed by atoms with E-state index in [1.807, 2.05) is 12.1 Å². The fourth-order valence-corrected chi connectivity index (χ4v) is 2.66. The first-order valence-electron chi connectivity index (χ1n) is 6.55. The van der Waals surface area contributed by atoms with Gasteiger partial charge < -0.3 is 15.5 Å². The van der Waals surface area contributed by atoms with Gasteiger partial charge in [0.1, 0.15) is 0 Å². The number of rotatable bonds is 2. The molecule has 2 aromatic rings. The maximum atomic E-state index is 11.4. The standard InChI is InChI=1S/C16H13NO4/c18-15(19)11-5-1-3-9-7-8-10-4-2-6-12(16(20)21)14(10)17-13(9)11/h1-6,17H,7-8H2,(H,18,19)(H,20,21). The van der Waals surface area contributed by atoms with Crippen LogP contribution >= 0.6 is 0 Å². The zero-order valence-corrected chi connectivity index (χ0v) is 11.1. The molecule has 0 saturated carbocycles. The number of carboxylic acid groups (broad SMARTS) is 2. The largest absolute Gasteiger partial charge is 0.478 e. The van der Waals surface area contributed by atoms with Gasteiger partial charge >= 0.3 is 11.9 Å². The van der Waals surface area contributed by atoms with Crippen LogP contribution in [0.5, 0.6) is 0 Å². The molecule has 0 bridgehead atoms. The Kier molecular flexibility index (Phi) is 3.10. The average Bonchev–Trinajstić information content (AvgIpc) is 2.65. The molecule has 2 aromatic carbocycles. The number of aryl methyl sites for hydroxylation is 2. The van der Waals surface area contributed by atoms with Gasteiger partial charge in [0.25, 0.3) is 0 Å². The summed E-state index contributed by atoms with van der Waals surface area (Å²) in [6.07, 6.45) is 1.33. The number of fused-ring (bicyclic) bond motifs is 2. The monoisotopic (exact) mass is 283 g/mol.